The number of para-hydroxylation sites is 1. The van der Waals surface area contributed by atoms with Gasteiger partial charge in [-0.1, -0.05) is 66.7 Å². The average Bonchev–Trinajstić information content (AvgIpc) is 3.34. The molecule has 1 saturated heterocycles. The molecule has 38 heavy (non-hydrogen) atoms. The summed E-state index contributed by atoms with van der Waals surface area (Å²) in [5.74, 6) is 0. The summed E-state index contributed by atoms with van der Waals surface area (Å²) in [6.45, 7) is 8.45. The van der Waals surface area contributed by atoms with E-state index in [1.807, 2.05) is 0 Å². The summed E-state index contributed by atoms with van der Waals surface area (Å²) in [5.41, 5.74) is 5.17. The predicted molar refractivity (Wildman–Crippen MR) is 162 cm³/mol. The van der Waals surface area contributed by atoms with E-state index in [9.17, 15) is 0 Å². The molecular formula is C32H36BN2O2P. The first-order valence-corrected chi connectivity index (χ1v) is 15.0. The number of anilines is 3. The monoisotopic (exact) mass is 522 g/mol. The third-order valence-corrected chi connectivity index (χ3v) is 10.5. The van der Waals surface area contributed by atoms with Crippen LogP contribution in [0.15, 0.2) is 103 Å². The van der Waals surface area contributed by atoms with Crippen molar-refractivity contribution in [3.63, 3.8) is 0 Å². The number of fused-ring (bicyclic) bond motifs is 1. The average molecular weight is 522 g/mol. The van der Waals surface area contributed by atoms with E-state index in [2.05, 4.69) is 134 Å². The minimum Gasteiger partial charge on any atom is -0.399 e. The van der Waals surface area contributed by atoms with Crippen molar-refractivity contribution in [2.45, 2.75) is 64.6 Å². The number of hydrogen-bond donors (Lipinski definition) is 0. The van der Waals surface area contributed by atoms with Gasteiger partial charge in [-0.05, 0) is 89.2 Å². The Balaban J connectivity index is 1.53. The van der Waals surface area contributed by atoms with Crippen LogP contribution in [0, 0.1) is 0 Å². The van der Waals surface area contributed by atoms with Crippen molar-refractivity contribution in [2.24, 2.45) is 0 Å². The molecule has 4 nitrogen and oxygen atoms in total. The SMILES string of the molecule is CC1(C)OB(c2ccc3c(c2)N(c2ccccc2)P(c2ccccc2)N3C2=C/CCCC/C=C\2)OC1(C)C. The molecule has 1 unspecified atom stereocenters. The van der Waals surface area contributed by atoms with Crippen LogP contribution in [0.25, 0.3) is 0 Å². The minimum absolute atomic E-state index is 0.382. The Morgan fingerprint density at radius 2 is 1.39 bits per heavy atom. The smallest absolute Gasteiger partial charge is 0.399 e. The molecule has 0 bridgehead atoms. The summed E-state index contributed by atoms with van der Waals surface area (Å²) >= 11 is 0. The zero-order valence-corrected chi connectivity index (χ0v) is 23.7. The van der Waals surface area contributed by atoms with Crippen molar-refractivity contribution in [3.8, 4) is 0 Å². The lowest BCUT2D eigenvalue weighted by Crippen LogP contribution is -2.41. The predicted octanol–water partition coefficient (Wildman–Crippen LogP) is 7.60. The molecule has 194 valence electrons. The van der Waals surface area contributed by atoms with Gasteiger partial charge in [0.2, 0.25) is 0 Å². The molecule has 1 fully saturated rings. The summed E-state index contributed by atoms with van der Waals surface area (Å²) < 4.78 is 18.0. The normalized spacial score (nSPS) is 24.4. The molecule has 3 aromatic carbocycles. The molecule has 2 heterocycles. The molecule has 0 spiro atoms. The lowest BCUT2D eigenvalue weighted by atomic mass is 9.78. The zero-order chi connectivity index (χ0) is 26.3. The third-order valence-electron chi connectivity index (χ3n) is 8.06. The van der Waals surface area contributed by atoms with E-state index in [0.717, 1.165) is 18.3 Å². The second-order valence-electron chi connectivity index (χ2n) is 11.2. The van der Waals surface area contributed by atoms with Crippen LogP contribution in [0.5, 0.6) is 0 Å². The molecule has 3 aliphatic rings. The molecule has 1 atom stereocenters. The molecule has 6 heteroatoms. The molecule has 0 amide bonds. The van der Waals surface area contributed by atoms with Crippen LogP contribution in [0.3, 0.4) is 0 Å². The standard InChI is InChI=1S/C32H36BN2O2P/c1-31(2)32(3,4)37-33(36-31)25-22-23-29-30(24-25)35(27-18-12-8-13-19-27)38(28-20-14-9-15-21-28)34(29)26-16-10-6-5-7-11-17-26/h8-10,12-24H,5-7,11H2,1-4H3/b16-10-,26-17+. The number of rotatable bonds is 4. The topological polar surface area (TPSA) is 24.9 Å². The zero-order valence-electron chi connectivity index (χ0n) is 22.8. The van der Waals surface area contributed by atoms with E-state index < -0.39 is 15.3 Å². The fourth-order valence-corrected chi connectivity index (χ4v) is 7.79. The lowest BCUT2D eigenvalue weighted by molar-refractivity contribution is 0.00578. The quantitative estimate of drug-likeness (QED) is 0.260. The van der Waals surface area contributed by atoms with Gasteiger partial charge in [0.25, 0.3) is 0 Å². The second kappa shape index (κ2) is 10.0. The Labute approximate surface area is 229 Å². The van der Waals surface area contributed by atoms with Crippen molar-refractivity contribution >= 4 is 43.2 Å². The number of hydrogen-bond acceptors (Lipinski definition) is 4. The van der Waals surface area contributed by atoms with E-state index in [4.69, 9.17) is 9.31 Å². The lowest BCUT2D eigenvalue weighted by Gasteiger charge is -2.33. The van der Waals surface area contributed by atoms with Crippen LogP contribution >= 0.6 is 8.22 Å². The van der Waals surface area contributed by atoms with Gasteiger partial charge in [-0.3, -0.25) is 9.34 Å². The Bertz CT molecular complexity index is 1340. The molecule has 0 aromatic heterocycles. The fraction of sp³-hybridized carbons (Fsp3) is 0.312. The highest BCUT2D eigenvalue weighted by Gasteiger charge is 2.52. The van der Waals surface area contributed by atoms with Crippen molar-refractivity contribution in [2.75, 3.05) is 9.34 Å². The molecular weight excluding hydrogens is 486 g/mol. The third kappa shape index (κ3) is 4.51. The molecule has 0 saturated carbocycles. The molecule has 0 N–H and O–H groups in total. The van der Waals surface area contributed by atoms with Gasteiger partial charge in [0, 0.05) is 16.7 Å². The molecule has 0 radical (unpaired) electrons. The molecule has 3 aromatic rings. The Morgan fingerprint density at radius 1 is 0.737 bits per heavy atom. The summed E-state index contributed by atoms with van der Waals surface area (Å²) in [7, 11) is -1.31. The van der Waals surface area contributed by atoms with Gasteiger partial charge in [-0.2, -0.15) is 0 Å². The Hall–Kier alpha value is -2.85. The maximum Gasteiger partial charge on any atom is 0.494 e. The largest absolute Gasteiger partial charge is 0.494 e. The van der Waals surface area contributed by atoms with E-state index in [1.54, 1.807) is 0 Å². The minimum atomic E-state index is -0.911. The highest BCUT2D eigenvalue weighted by atomic mass is 31.1. The van der Waals surface area contributed by atoms with Crippen LogP contribution in [-0.4, -0.2) is 18.3 Å². The van der Waals surface area contributed by atoms with Crippen molar-refractivity contribution in [3.05, 3.63) is 103 Å². The molecule has 2 aliphatic heterocycles. The highest BCUT2D eigenvalue weighted by Crippen LogP contribution is 2.63. The van der Waals surface area contributed by atoms with Gasteiger partial charge < -0.3 is 9.31 Å². The van der Waals surface area contributed by atoms with Crippen molar-refractivity contribution in [1.29, 1.82) is 0 Å². The Kier molecular flexibility index (Phi) is 6.72. The van der Waals surface area contributed by atoms with Gasteiger partial charge in [-0.25, -0.2) is 0 Å². The highest BCUT2D eigenvalue weighted by molar-refractivity contribution is 7.70. The first kappa shape index (κ1) is 25.4. The van der Waals surface area contributed by atoms with Crippen LogP contribution in [0.4, 0.5) is 17.1 Å². The first-order valence-electron chi connectivity index (χ1n) is 13.7. The van der Waals surface area contributed by atoms with Gasteiger partial charge >= 0.3 is 7.12 Å². The van der Waals surface area contributed by atoms with Crippen LogP contribution in [0.1, 0.15) is 53.4 Å². The van der Waals surface area contributed by atoms with E-state index in [-0.39, 0.29) is 11.2 Å². The van der Waals surface area contributed by atoms with Gasteiger partial charge in [0.05, 0.1) is 22.6 Å². The summed E-state index contributed by atoms with van der Waals surface area (Å²) in [4.78, 5) is 0. The fourth-order valence-electron chi connectivity index (χ4n) is 5.25. The number of nitrogens with zero attached hydrogens (tertiary/aromatic N) is 2. The maximum atomic E-state index is 6.46. The summed E-state index contributed by atoms with van der Waals surface area (Å²) in [5, 5.41) is 1.32. The molecule has 6 rings (SSSR count). The van der Waals surface area contributed by atoms with Crippen molar-refractivity contribution in [1.82, 2.24) is 0 Å². The van der Waals surface area contributed by atoms with Crippen LogP contribution in [0.2, 0.25) is 0 Å². The second-order valence-corrected chi connectivity index (χ2v) is 13.1. The van der Waals surface area contributed by atoms with Crippen molar-refractivity contribution < 1.29 is 9.31 Å². The first-order chi connectivity index (χ1) is 18.4. The van der Waals surface area contributed by atoms with Gasteiger partial charge in [0.1, 0.15) is 8.22 Å². The van der Waals surface area contributed by atoms with Gasteiger partial charge in [-0.15, -0.1) is 0 Å². The van der Waals surface area contributed by atoms with E-state index >= 15 is 0 Å². The number of benzene rings is 3. The van der Waals surface area contributed by atoms with Crippen LogP contribution < -0.4 is 20.1 Å². The van der Waals surface area contributed by atoms with E-state index in [1.165, 1.54) is 40.9 Å². The summed E-state index contributed by atoms with van der Waals surface area (Å²) in [6.07, 6.45) is 11.8. The molecule has 1 aliphatic carbocycles. The number of allylic oxidation sites excluding steroid dienone is 3. The van der Waals surface area contributed by atoms with E-state index in [0.29, 0.717) is 0 Å². The maximum absolute atomic E-state index is 6.46. The van der Waals surface area contributed by atoms with Crippen LogP contribution in [-0.2, 0) is 9.31 Å². The summed E-state index contributed by atoms with van der Waals surface area (Å²) in [6, 6.07) is 28.5. The Morgan fingerprint density at radius 3 is 2.11 bits per heavy atom. The van der Waals surface area contributed by atoms with Gasteiger partial charge in [0.15, 0.2) is 0 Å².